The fraction of sp³-hybridized carbons (Fsp3) is 0.625. The van der Waals surface area contributed by atoms with Crippen molar-refractivity contribution in [2.75, 3.05) is 12.4 Å². The number of rotatable bonds is 8. The molecule has 25 heavy (non-hydrogen) atoms. The number of thioether (sulfide) groups is 1. The fourth-order valence-corrected chi connectivity index (χ4v) is 4.42. The van der Waals surface area contributed by atoms with Crippen LogP contribution in [0.3, 0.4) is 0 Å². The number of tetrazole rings is 1. The van der Waals surface area contributed by atoms with Crippen LogP contribution >= 0.6 is 23.1 Å². The molecule has 2 aromatic rings. The standard InChI is InChI=1S/C16H21N5O2S2/c22-15(20(13-3-4-13)8-12-5-7-24-10-12)11-25-16-17-18-19-21(16)9-14-2-1-6-23-14/h5,7,10,13-14H,1-4,6,8-9,11H2/t14-/m0/s1. The smallest absolute Gasteiger partial charge is 0.233 e. The first-order valence-electron chi connectivity index (χ1n) is 8.60. The Bertz CT molecular complexity index is 695. The highest BCUT2D eigenvalue weighted by Gasteiger charge is 2.32. The first-order valence-corrected chi connectivity index (χ1v) is 10.5. The summed E-state index contributed by atoms with van der Waals surface area (Å²) in [6.07, 6.45) is 4.53. The van der Waals surface area contributed by atoms with Crippen LogP contribution in [-0.4, -0.2) is 55.5 Å². The topological polar surface area (TPSA) is 73.1 Å². The minimum atomic E-state index is 0.158. The van der Waals surface area contributed by atoms with E-state index in [4.69, 9.17) is 4.74 Å². The fourth-order valence-electron chi connectivity index (χ4n) is 2.99. The molecule has 1 saturated carbocycles. The average molecular weight is 380 g/mol. The minimum absolute atomic E-state index is 0.158. The van der Waals surface area contributed by atoms with Crippen LogP contribution < -0.4 is 0 Å². The van der Waals surface area contributed by atoms with E-state index < -0.39 is 0 Å². The van der Waals surface area contributed by atoms with Gasteiger partial charge in [-0.25, -0.2) is 4.68 Å². The molecular formula is C16H21N5O2S2. The maximum atomic E-state index is 12.7. The zero-order chi connectivity index (χ0) is 17.1. The Morgan fingerprint density at radius 1 is 1.44 bits per heavy atom. The number of carbonyl (C=O) groups is 1. The first kappa shape index (κ1) is 17.0. The summed E-state index contributed by atoms with van der Waals surface area (Å²) >= 11 is 3.08. The summed E-state index contributed by atoms with van der Waals surface area (Å²) in [6.45, 7) is 2.17. The molecule has 1 amide bonds. The molecule has 1 aliphatic heterocycles. The maximum Gasteiger partial charge on any atom is 0.233 e. The third-order valence-corrected chi connectivity index (χ3v) is 6.14. The summed E-state index contributed by atoms with van der Waals surface area (Å²) in [5.74, 6) is 0.525. The van der Waals surface area contributed by atoms with Crippen molar-refractivity contribution in [1.29, 1.82) is 0 Å². The van der Waals surface area contributed by atoms with Gasteiger partial charge in [-0.05, 0) is 58.5 Å². The molecule has 7 nitrogen and oxygen atoms in total. The predicted octanol–water partition coefficient (Wildman–Crippen LogP) is 2.20. The van der Waals surface area contributed by atoms with Crippen molar-refractivity contribution in [2.24, 2.45) is 0 Å². The highest BCUT2D eigenvalue weighted by Crippen LogP contribution is 2.30. The normalized spacial score (nSPS) is 20.1. The zero-order valence-electron chi connectivity index (χ0n) is 13.9. The summed E-state index contributed by atoms with van der Waals surface area (Å²) in [6, 6.07) is 2.48. The van der Waals surface area contributed by atoms with E-state index in [0.717, 1.165) is 32.3 Å². The summed E-state index contributed by atoms with van der Waals surface area (Å²) in [5, 5.41) is 16.7. The van der Waals surface area contributed by atoms with E-state index in [1.807, 2.05) is 4.90 Å². The molecule has 0 aromatic carbocycles. The van der Waals surface area contributed by atoms with Gasteiger partial charge in [0.2, 0.25) is 11.1 Å². The number of hydrogen-bond acceptors (Lipinski definition) is 7. The lowest BCUT2D eigenvalue weighted by molar-refractivity contribution is -0.129. The number of amides is 1. The van der Waals surface area contributed by atoms with E-state index >= 15 is 0 Å². The molecule has 0 spiro atoms. The predicted molar refractivity (Wildman–Crippen MR) is 95.4 cm³/mol. The second-order valence-electron chi connectivity index (χ2n) is 6.45. The molecule has 0 bridgehead atoms. The van der Waals surface area contributed by atoms with Crippen molar-refractivity contribution in [2.45, 2.75) is 56.1 Å². The molecule has 2 aliphatic rings. The minimum Gasteiger partial charge on any atom is -0.376 e. The summed E-state index contributed by atoms with van der Waals surface area (Å²) in [7, 11) is 0. The molecule has 0 unspecified atom stereocenters. The van der Waals surface area contributed by atoms with Crippen LogP contribution in [0.5, 0.6) is 0 Å². The average Bonchev–Trinajstić information content (AvgIpc) is 3.04. The lowest BCUT2D eigenvalue weighted by atomic mass is 10.2. The van der Waals surface area contributed by atoms with E-state index in [2.05, 4.69) is 32.4 Å². The molecular weight excluding hydrogens is 358 g/mol. The monoisotopic (exact) mass is 379 g/mol. The number of carbonyl (C=O) groups excluding carboxylic acids is 1. The molecule has 1 saturated heterocycles. The third kappa shape index (κ3) is 4.39. The van der Waals surface area contributed by atoms with Gasteiger partial charge in [0, 0.05) is 19.2 Å². The van der Waals surface area contributed by atoms with Gasteiger partial charge >= 0.3 is 0 Å². The van der Waals surface area contributed by atoms with Crippen LogP contribution in [0.1, 0.15) is 31.2 Å². The van der Waals surface area contributed by atoms with Crippen molar-refractivity contribution in [3.05, 3.63) is 22.4 Å². The van der Waals surface area contributed by atoms with Crippen LogP contribution in [0, 0.1) is 0 Å². The number of aromatic nitrogens is 4. The number of thiophene rings is 1. The number of hydrogen-bond donors (Lipinski definition) is 0. The van der Waals surface area contributed by atoms with Gasteiger partial charge in [0.15, 0.2) is 0 Å². The van der Waals surface area contributed by atoms with E-state index in [0.29, 0.717) is 30.0 Å². The highest BCUT2D eigenvalue weighted by atomic mass is 32.2. The van der Waals surface area contributed by atoms with Crippen molar-refractivity contribution >= 4 is 29.0 Å². The Labute approximate surface area is 154 Å². The second-order valence-corrected chi connectivity index (χ2v) is 8.17. The van der Waals surface area contributed by atoms with Crippen molar-refractivity contribution in [1.82, 2.24) is 25.1 Å². The van der Waals surface area contributed by atoms with Gasteiger partial charge in [0.05, 0.1) is 18.4 Å². The Kier molecular flexibility index (Phi) is 5.33. The highest BCUT2D eigenvalue weighted by molar-refractivity contribution is 7.99. The van der Waals surface area contributed by atoms with E-state index in [-0.39, 0.29) is 12.0 Å². The molecule has 0 radical (unpaired) electrons. The van der Waals surface area contributed by atoms with Crippen LogP contribution in [0.25, 0.3) is 0 Å². The SMILES string of the molecule is O=C(CSc1nnnn1C[C@@H]1CCCO1)N(Cc1ccsc1)C1CC1. The van der Waals surface area contributed by atoms with Gasteiger partial charge in [0.1, 0.15) is 0 Å². The van der Waals surface area contributed by atoms with E-state index in [1.165, 1.54) is 17.3 Å². The summed E-state index contributed by atoms with van der Waals surface area (Å²) in [5.41, 5.74) is 1.21. The molecule has 1 atom stereocenters. The van der Waals surface area contributed by atoms with Crippen LogP contribution in [-0.2, 0) is 22.6 Å². The maximum absolute atomic E-state index is 12.7. The molecule has 2 aromatic heterocycles. The van der Waals surface area contributed by atoms with Gasteiger partial charge in [0.25, 0.3) is 0 Å². The van der Waals surface area contributed by atoms with Gasteiger partial charge in [-0.15, -0.1) is 5.10 Å². The van der Waals surface area contributed by atoms with Gasteiger partial charge < -0.3 is 9.64 Å². The van der Waals surface area contributed by atoms with Crippen LogP contribution in [0.2, 0.25) is 0 Å². The Balaban J connectivity index is 1.34. The third-order valence-electron chi connectivity index (χ3n) is 4.47. The molecule has 1 aliphatic carbocycles. The largest absolute Gasteiger partial charge is 0.376 e. The first-order chi connectivity index (χ1) is 12.3. The zero-order valence-corrected chi connectivity index (χ0v) is 15.5. The molecule has 9 heteroatoms. The molecule has 134 valence electrons. The lowest BCUT2D eigenvalue weighted by Crippen LogP contribution is -2.33. The lowest BCUT2D eigenvalue weighted by Gasteiger charge is -2.21. The quantitative estimate of drug-likeness (QED) is 0.655. The van der Waals surface area contributed by atoms with Gasteiger partial charge in [-0.2, -0.15) is 11.3 Å². The van der Waals surface area contributed by atoms with Crippen LogP contribution in [0.15, 0.2) is 22.0 Å². The Morgan fingerprint density at radius 2 is 2.36 bits per heavy atom. The van der Waals surface area contributed by atoms with Crippen LogP contribution in [0.4, 0.5) is 0 Å². The van der Waals surface area contributed by atoms with E-state index in [9.17, 15) is 4.79 Å². The Morgan fingerprint density at radius 3 is 3.08 bits per heavy atom. The molecule has 3 heterocycles. The summed E-state index contributed by atoms with van der Waals surface area (Å²) < 4.78 is 7.40. The van der Waals surface area contributed by atoms with Crippen molar-refractivity contribution in [3.8, 4) is 0 Å². The number of ether oxygens (including phenoxy) is 1. The summed E-state index contributed by atoms with van der Waals surface area (Å²) in [4.78, 5) is 14.7. The van der Waals surface area contributed by atoms with Crippen molar-refractivity contribution < 1.29 is 9.53 Å². The van der Waals surface area contributed by atoms with Crippen molar-refractivity contribution in [3.63, 3.8) is 0 Å². The molecule has 4 rings (SSSR count). The molecule has 2 fully saturated rings. The Hall–Kier alpha value is -1.45. The van der Waals surface area contributed by atoms with E-state index in [1.54, 1.807) is 16.0 Å². The van der Waals surface area contributed by atoms with Gasteiger partial charge in [-0.3, -0.25) is 4.79 Å². The second kappa shape index (κ2) is 7.84. The molecule has 0 N–H and O–H groups in total. The van der Waals surface area contributed by atoms with Gasteiger partial charge in [-0.1, -0.05) is 11.8 Å². The number of nitrogens with zero attached hydrogens (tertiary/aromatic N) is 5.